The standard InChI is InChI=1S/C36H24N4/c37-25-26-21-28(27-17-19-38-20-18-27)23-32(22-26)40-35-14-8-7-13-33(35)34-24-31(15-16-36(34)40)39(29-9-3-1-4-10-29)30-11-5-2-6-12-30/h1-24H. The van der Waals surface area contributed by atoms with Crippen LogP contribution in [0.2, 0.25) is 0 Å². The Labute approximate surface area is 232 Å². The van der Waals surface area contributed by atoms with Crippen molar-refractivity contribution in [3.8, 4) is 22.9 Å². The van der Waals surface area contributed by atoms with E-state index in [-0.39, 0.29) is 0 Å². The van der Waals surface area contributed by atoms with Crippen molar-refractivity contribution in [3.05, 3.63) is 151 Å². The van der Waals surface area contributed by atoms with E-state index in [1.54, 1.807) is 12.4 Å². The number of hydrogen-bond donors (Lipinski definition) is 0. The molecule has 0 saturated heterocycles. The fourth-order valence-electron chi connectivity index (χ4n) is 5.50. The predicted molar refractivity (Wildman–Crippen MR) is 163 cm³/mol. The Balaban J connectivity index is 1.47. The number of anilines is 3. The van der Waals surface area contributed by atoms with Crippen molar-refractivity contribution in [3.63, 3.8) is 0 Å². The van der Waals surface area contributed by atoms with Crippen LogP contribution < -0.4 is 4.90 Å². The zero-order valence-electron chi connectivity index (χ0n) is 21.6. The normalized spacial score (nSPS) is 11.0. The first-order valence-corrected chi connectivity index (χ1v) is 13.2. The zero-order chi connectivity index (χ0) is 26.9. The number of aromatic nitrogens is 2. The fraction of sp³-hybridized carbons (Fsp3) is 0. The summed E-state index contributed by atoms with van der Waals surface area (Å²) in [5, 5.41) is 12.2. The largest absolute Gasteiger partial charge is 0.310 e. The highest BCUT2D eigenvalue weighted by Crippen LogP contribution is 2.40. The minimum Gasteiger partial charge on any atom is -0.310 e. The van der Waals surface area contributed by atoms with E-state index in [2.05, 4.69) is 118 Å². The summed E-state index contributed by atoms with van der Waals surface area (Å²) in [4.78, 5) is 6.44. The average molecular weight is 513 g/mol. The number of para-hydroxylation sites is 3. The van der Waals surface area contributed by atoms with Crippen LogP contribution in [0.4, 0.5) is 17.1 Å². The Morgan fingerprint density at radius 2 is 1.20 bits per heavy atom. The number of hydrogen-bond acceptors (Lipinski definition) is 3. The maximum Gasteiger partial charge on any atom is 0.0992 e. The van der Waals surface area contributed by atoms with Crippen molar-refractivity contribution in [2.45, 2.75) is 0 Å². The van der Waals surface area contributed by atoms with Gasteiger partial charge in [-0.3, -0.25) is 4.98 Å². The summed E-state index contributed by atoms with van der Waals surface area (Å²) in [5.74, 6) is 0. The second kappa shape index (κ2) is 9.90. The molecule has 0 amide bonds. The zero-order valence-corrected chi connectivity index (χ0v) is 21.6. The van der Waals surface area contributed by atoms with E-state index in [0.717, 1.165) is 55.7 Å². The van der Waals surface area contributed by atoms with Gasteiger partial charge >= 0.3 is 0 Å². The summed E-state index contributed by atoms with van der Waals surface area (Å²) >= 11 is 0. The van der Waals surface area contributed by atoms with Crippen LogP contribution in [0.1, 0.15) is 5.56 Å². The molecule has 0 radical (unpaired) electrons. The Hall–Kier alpha value is -5.66. The first-order chi connectivity index (χ1) is 19.8. The van der Waals surface area contributed by atoms with Crippen LogP contribution in [-0.4, -0.2) is 9.55 Å². The lowest BCUT2D eigenvalue weighted by Crippen LogP contribution is -2.09. The third-order valence-corrected chi connectivity index (χ3v) is 7.26. The number of benzene rings is 5. The van der Waals surface area contributed by atoms with E-state index in [4.69, 9.17) is 0 Å². The molecular formula is C36H24N4. The molecule has 2 aromatic heterocycles. The quantitative estimate of drug-likeness (QED) is 0.231. The Morgan fingerprint density at radius 1 is 0.550 bits per heavy atom. The van der Waals surface area contributed by atoms with Gasteiger partial charge in [0.05, 0.1) is 22.7 Å². The SMILES string of the molecule is N#Cc1cc(-c2ccncc2)cc(-n2c3ccccc3c3cc(N(c4ccccc4)c4ccccc4)ccc32)c1. The van der Waals surface area contributed by atoms with E-state index in [9.17, 15) is 5.26 Å². The molecule has 40 heavy (non-hydrogen) atoms. The van der Waals surface area contributed by atoms with Crippen molar-refractivity contribution >= 4 is 38.9 Å². The van der Waals surface area contributed by atoms with Crippen molar-refractivity contribution in [2.24, 2.45) is 0 Å². The lowest BCUT2D eigenvalue weighted by atomic mass is 10.0. The molecule has 7 rings (SSSR count). The van der Waals surface area contributed by atoms with Crippen molar-refractivity contribution in [2.75, 3.05) is 4.90 Å². The maximum atomic E-state index is 9.89. The molecule has 4 heteroatoms. The first kappa shape index (κ1) is 23.5. The monoisotopic (exact) mass is 512 g/mol. The number of pyridine rings is 1. The van der Waals surface area contributed by atoms with Gasteiger partial charge in [0, 0.05) is 45.9 Å². The Bertz CT molecular complexity index is 1960. The molecule has 7 aromatic rings. The summed E-state index contributed by atoms with van der Waals surface area (Å²) in [6, 6.07) is 48.3. The van der Waals surface area contributed by atoms with Crippen molar-refractivity contribution in [1.29, 1.82) is 5.26 Å². The molecular weight excluding hydrogens is 488 g/mol. The topological polar surface area (TPSA) is 44.9 Å². The van der Waals surface area contributed by atoms with Gasteiger partial charge < -0.3 is 9.47 Å². The molecule has 5 aromatic carbocycles. The van der Waals surface area contributed by atoms with E-state index in [1.165, 1.54) is 0 Å². The first-order valence-electron chi connectivity index (χ1n) is 13.2. The van der Waals surface area contributed by atoms with Gasteiger partial charge in [-0.15, -0.1) is 0 Å². The third-order valence-electron chi connectivity index (χ3n) is 7.26. The molecule has 0 atom stereocenters. The molecule has 0 aliphatic rings. The van der Waals surface area contributed by atoms with E-state index < -0.39 is 0 Å². The summed E-state index contributed by atoms with van der Waals surface area (Å²) in [6.45, 7) is 0. The van der Waals surface area contributed by atoms with E-state index in [0.29, 0.717) is 5.56 Å². The predicted octanol–water partition coefficient (Wildman–Crippen LogP) is 9.19. The van der Waals surface area contributed by atoms with Gasteiger partial charge in [0.1, 0.15) is 0 Å². The van der Waals surface area contributed by atoms with Crippen LogP contribution in [0.25, 0.3) is 38.6 Å². The fourth-order valence-corrected chi connectivity index (χ4v) is 5.50. The molecule has 0 N–H and O–H groups in total. The van der Waals surface area contributed by atoms with Gasteiger partial charge in [-0.2, -0.15) is 5.26 Å². The molecule has 0 bridgehead atoms. The highest BCUT2D eigenvalue weighted by atomic mass is 15.1. The smallest absolute Gasteiger partial charge is 0.0992 e. The van der Waals surface area contributed by atoms with Gasteiger partial charge in [-0.25, -0.2) is 0 Å². The van der Waals surface area contributed by atoms with Crippen LogP contribution in [0.15, 0.2) is 146 Å². The highest BCUT2D eigenvalue weighted by Gasteiger charge is 2.17. The Kier molecular flexibility index (Phi) is 5.81. The molecule has 0 aliphatic carbocycles. The van der Waals surface area contributed by atoms with Crippen LogP contribution in [-0.2, 0) is 0 Å². The van der Waals surface area contributed by atoms with Crippen LogP contribution in [0.3, 0.4) is 0 Å². The number of nitrogens with zero attached hydrogens (tertiary/aromatic N) is 4. The van der Waals surface area contributed by atoms with Gasteiger partial charge in [-0.05, 0) is 90.0 Å². The van der Waals surface area contributed by atoms with E-state index >= 15 is 0 Å². The number of fused-ring (bicyclic) bond motifs is 3. The third kappa shape index (κ3) is 4.07. The molecule has 0 saturated carbocycles. The van der Waals surface area contributed by atoms with Gasteiger partial charge in [-0.1, -0.05) is 54.6 Å². The second-order valence-electron chi connectivity index (χ2n) is 9.68. The lowest BCUT2D eigenvalue weighted by molar-refractivity contribution is 1.17. The van der Waals surface area contributed by atoms with Gasteiger partial charge in [0.15, 0.2) is 0 Å². The molecule has 0 fully saturated rings. The van der Waals surface area contributed by atoms with Crippen LogP contribution in [0.5, 0.6) is 0 Å². The highest BCUT2D eigenvalue weighted by molar-refractivity contribution is 6.10. The minimum absolute atomic E-state index is 0.617. The van der Waals surface area contributed by atoms with Gasteiger partial charge in [0.25, 0.3) is 0 Å². The van der Waals surface area contributed by atoms with Gasteiger partial charge in [0.2, 0.25) is 0 Å². The molecule has 0 spiro atoms. The summed E-state index contributed by atoms with van der Waals surface area (Å²) in [7, 11) is 0. The average Bonchev–Trinajstić information content (AvgIpc) is 3.36. The number of rotatable bonds is 5. The van der Waals surface area contributed by atoms with Crippen molar-refractivity contribution in [1.82, 2.24) is 9.55 Å². The Morgan fingerprint density at radius 3 is 1.90 bits per heavy atom. The molecule has 4 nitrogen and oxygen atoms in total. The minimum atomic E-state index is 0.617. The second-order valence-corrected chi connectivity index (χ2v) is 9.68. The summed E-state index contributed by atoms with van der Waals surface area (Å²) in [5.41, 5.74) is 9.03. The molecule has 188 valence electrons. The van der Waals surface area contributed by atoms with Crippen LogP contribution >= 0.6 is 0 Å². The molecule has 0 aliphatic heterocycles. The van der Waals surface area contributed by atoms with Crippen molar-refractivity contribution < 1.29 is 0 Å². The molecule has 0 unspecified atom stereocenters. The summed E-state index contributed by atoms with van der Waals surface area (Å²) < 4.78 is 2.26. The summed E-state index contributed by atoms with van der Waals surface area (Å²) in [6.07, 6.45) is 3.56. The number of nitriles is 1. The molecule has 2 heterocycles. The lowest BCUT2D eigenvalue weighted by Gasteiger charge is -2.25. The van der Waals surface area contributed by atoms with E-state index in [1.807, 2.05) is 36.4 Å². The van der Waals surface area contributed by atoms with Crippen LogP contribution in [0, 0.1) is 11.3 Å². The maximum absolute atomic E-state index is 9.89.